The Morgan fingerprint density at radius 2 is 0.962 bits per heavy atom. The van der Waals surface area contributed by atoms with Crippen molar-refractivity contribution in [2.45, 2.75) is 174 Å². The first-order valence-corrected chi connectivity index (χ1v) is 22.1. The molecule has 0 fully saturated rings. The number of carbonyl (C=O) groups is 2. The van der Waals surface area contributed by atoms with Crippen LogP contribution in [-0.2, 0) is 32.7 Å². The van der Waals surface area contributed by atoms with Gasteiger partial charge in [0.1, 0.15) is 6.61 Å². The van der Waals surface area contributed by atoms with E-state index < -0.39 is 26.5 Å². The van der Waals surface area contributed by atoms with Crippen LogP contribution in [-0.4, -0.2) is 43.3 Å². The molecule has 0 saturated carbocycles. The molecule has 2 atom stereocenters. The van der Waals surface area contributed by atoms with Crippen LogP contribution >= 0.6 is 7.82 Å². The van der Waals surface area contributed by atoms with Crippen LogP contribution in [0.15, 0.2) is 72.9 Å². The summed E-state index contributed by atoms with van der Waals surface area (Å²) in [5.41, 5.74) is 0. The first kappa shape index (κ1) is 50.5. The maximum atomic E-state index is 12.5. The van der Waals surface area contributed by atoms with Crippen molar-refractivity contribution >= 4 is 19.8 Å². The first-order chi connectivity index (χ1) is 25.8. The van der Waals surface area contributed by atoms with Crippen molar-refractivity contribution in [3.63, 3.8) is 0 Å². The van der Waals surface area contributed by atoms with Gasteiger partial charge >= 0.3 is 19.8 Å². The van der Waals surface area contributed by atoms with Crippen molar-refractivity contribution in [3.05, 3.63) is 72.9 Å². The lowest BCUT2D eigenvalue weighted by molar-refractivity contribution is -0.161. The molecule has 0 heterocycles. The van der Waals surface area contributed by atoms with Crippen LogP contribution < -0.4 is 0 Å². The number of hydrogen-bond acceptors (Lipinski definition) is 7. The number of allylic oxidation sites excluding steroid dienone is 12. The molecule has 0 aliphatic heterocycles. The van der Waals surface area contributed by atoms with E-state index in [9.17, 15) is 19.0 Å². The van der Waals surface area contributed by atoms with Crippen LogP contribution in [0.5, 0.6) is 0 Å². The summed E-state index contributed by atoms with van der Waals surface area (Å²) in [6.07, 6.45) is 49.5. The van der Waals surface area contributed by atoms with E-state index in [1.54, 1.807) is 0 Å². The van der Waals surface area contributed by atoms with Crippen LogP contribution in [0, 0.1) is 0 Å². The van der Waals surface area contributed by atoms with Gasteiger partial charge in [-0.1, -0.05) is 145 Å². The highest BCUT2D eigenvalue weighted by atomic mass is 31.2. The Bertz CT molecular complexity index is 1090. The Morgan fingerprint density at radius 3 is 1.47 bits per heavy atom. The van der Waals surface area contributed by atoms with Crippen molar-refractivity contribution in [2.75, 3.05) is 20.3 Å². The Kier molecular flexibility index (Phi) is 37.3. The molecule has 9 heteroatoms. The average molecular weight is 763 g/mol. The topological polar surface area (TPSA) is 108 Å². The van der Waals surface area contributed by atoms with Crippen LogP contribution in [0.25, 0.3) is 0 Å². The molecular weight excluding hydrogens is 687 g/mol. The van der Waals surface area contributed by atoms with Crippen LogP contribution in [0.2, 0.25) is 0 Å². The molecular formula is C44H75O8P. The van der Waals surface area contributed by atoms with Crippen molar-refractivity contribution < 1.29 is 37.6 Å². The van der Waals surface area contributed by atoms with Crippen LogP contribution in [0.3, 0.4) is 0 Å². The quantitative estimate of drug-likeness (QED) is 0.0288. The second kappa shape index (κ2) is 39.2. The largest absolute Gasteiger partial charge is 0.472 e. The fraction of sp³-hybridized carbons (Fsp3) is 0.682. The summed E-state index contributed by atoms with van der Waals surface area (Å²) in [7, 11) is -3.23. The zero-order valence-electron chi connectivity index (χ0n) is 33.6. The Labute approximate surface area is 323 Å². The van der Waals surface area contributed by atoms with Gasteiger partial charge in [0.25, 0.3) is 0 Å². The molecule has 0 aromatic heterocycles. The van der Waals surface area contributed by atoms with Gasteiger partial charge in [0, 0.05) is 20.0 Å². The van der Waals surface area contributed by atoms with Crippen LogP contribution in [0.1, 0.15) is 168 Å². The van der Waals surface area contributed by atoms with E-state index >= 15 is 0 Å². The maximum Gasteiger partial charge on any atom is 0.472 e. The Balaban J connectivity index is 4.08. The summed E-state index contributed by atoms with van der Waals surface area (Å²) in [4.78, 5) is 34.4. The molecule has 8 nitrogen and oxygen atoms in total. The Hall–Kier alpha value is -2.51. The van der Waals surface area contributed by atoms with Gasteiger partial charge in [0.15, 0.2) is 6.10 Å². The van der Waals surface area contributed by atoms with Crippen molar-refractivity contribution in [3.8, 4) is 0 Å². The van der Waals surface area contributed by atoms with E-state index in [-0.39, 0.29) is 25.4 Å². The zero-order valence-corrected chi connectivity index (χ0v) is 34.5. The van der Waals surface area contributed by atoms with E-state index in [1.165, 1.54) is 70.6 Å². The molecule has 0 aromatic rings. The number of unbranched alkanes of at least 4 members (excludes halogenated alkanes) is 14. The number of rotatable bonds is 37. The Morgan fingerprint density at radius 1 is 0.547 bits per heavy atom. The molecule has 0 amide bonds. The van der Waals surface area contributed by atoms with E-state index in [2.05, 4.69) is 91.3 Å². The number of hydrogen-bond donors (Lipinski definition) is 1. The van der Waals surface area contributed by atoms with Crippen molar-refractivity contribution in [2.24, 2.45) is 0 Å². The van der Waals surface area contributed by atoms with Gasteiger partial charge in [0.2, 0.25) is 0 Å². The number of carbonyl (C=O) groups excluding carboxylic acids is 2. The number of esters is 2. The SMILES string of the molecule is CC/C=C\C/C=C\C/C=C\C/C=C\CCCCC(=O)OC(COC(=O)CCCCCCCCCCC/C=C\C/C=C\CCCCC)COP(=O)(O)OC. The summed E-state index contributed by atoms with van der Waals surface area (Å²) in [6.45, 7) is 3.70. The summed E-state index contributed by atoms with van der Waals surface area (Å²) >= 11 is 0. The number of phosphoric ester groups is 1. The van der Waals surface area contributed by atoms with Gasteiger partial charge in [-0.25, -0.2) is 4.57 Å². The third-order valence-electron chi connectivity index (χ3n) is 8.43. The summed E-state index contributed by atoms with van der Waals surface area (Å²) in [6, 6.07) is 0. The normalized spacial score (nSPS) is 14.1. The van der Waals surface area contributed by atoms with Gasteiger partial charge in [-0.15, -0.1) is 0 Å². The van der Waals surface area contributed by atoms with Crippen LogP contribution in [0.4, 0.5) is 0 Å². The highest BCUT2D eigenvalue weighted by Gasteiger charge is 2.24. The lowest BCUT2D eigenvalue weighted by Crippen LogP contribution is -2.29. The fourth-order valence-electron chi connectivity index (χ4n) is 5.27. The second-order valence-corrected chi connectivity index (χ2v) is 14.9. The molecule has 0 aliphatic rings. The summed E-state index contributed by atoms with van der Waals surface area (Å²) in [5, 5.41) is 0. The number of phosphoric acid groups is 1. The van der Waals surface area contributed by atoms with Crippen molar-refractivity contribution in [1.29, 1.82) is 0 Å². The van der Waals surface area contributed by atoms with Gasteiger partial charge in [-0.3, -0.25) is 18.6 Å². The van der Waals surface area contributed by atoms with Gasteiger partial charge in [-0.2, -0.15) is 0 Å². The van der Waals surface area contributed by atoms with Crippen molar-refractivity contribution in [1.82, 2.24) is 0 Å². The van der Waals surface area contributed by atoms with Gasteiger partial charge in [-0.05, 0) is 83.5 Å². The average Bonchev–Trinajstić information content (AvgIpc) is 3.15. The fourth-order valence-corrected chi connectivity index (χ4v) is 5.73. The smallest absolute Gasteiger partial charge is 0.462 e. The molecule has 0 radical (unpaired) electrons. The number of ether oxygens (including phenoxy) is 2. The lowest BCUT2D eigenvalue weighted by Gasteiger charge is -2.19. The third-order valence-corrected chi connectivity index (χ3v) is 9.37. The molecule has 53 heavy (non-hydrogen) atoms. The highest BCUT2D eigenvalue weighted by Crippen LogP contribution is 2.42. The van der Waals surface area contributed by atoms with Gasteiger partial charge < -0.3 is 14.4 Å². The molecule has 0 rings (SSSR count). The molecule has 0 aromatic carbocycles. The second-order valence-electron chi connectivity index (χ2n) is 13.4. The predicted molar refractivity (Wildman–Crippen MR) is 221 cm³/mol. The summed E-state index contributed by atoms with van der Waals surface area (Å²) < 4.78 is 31.9. The standard InChI is InChI=1S/C44H75O8P/c1-4-6-8-10-12-14-16-18-20-21-22-23-25-26-28-30-32-34-36-38-43(45)50-40-42(41-51-53(47,48)49-3)52-44(46)39-37-35-33-31-29-27-24-19-17-15-13-11-9-7-5-2/h7,9,12-15,18-20,24,29,31,42H,4-6,8,10-11,16-17,21-23,25-28,30,32-41H2,1-3H3,(H,47,48)/b9-7-,14-12-,15-13-,20-18-,24-19-,31-29-. The molecule has 0 saturated heterocycles. The lowest BCUT2D eigenvalue weighted by atomic mass is 10.1. The zero-order chi connectivity index (χ0) is 38.9. The third kappa shape index (κ3) is 39.0. The minimum absolute atomic E-state index is 0.188. The minimum atomic E-state index is -4.28. The predicted octanol–water partition coefficient (Wildman–Crippen LogP) is 12.9. The molecule has 0 bridgehead atoms. The van der Waals surface area contributed by atoms with Gasteiger partial charge in [0.05, 0.1) is 6.61 Å². The van der Waals surface area contributed by atoms with E-state index in [0.29, 0.717) is 6.42 Å². The van der Waals surface area contributed by atoms with E-state index in [0.717, 1.165) is 71.3 Å². The van der Waals surface area contributed by atoms with E-state index in [4.69, 9.17) is 14.0 Å². The van der Waals surface area contributed by atoms with E-state index in [1.807, 2.05) is 0 Å². The monoisotopic (exact) mass is 763 g/mol. The molecule has 0 aliphatic carbocycles. The maximum absolute atomic E-state index is 12.5. The molecule has 2 unspecified atom stereocenters. The molecule has 1 N–H and O–H groups in total. The minimum Gasteiger partial charge on any atom is -0.462 e. The molecule has 304 valence electrons. The highest BCUT2D eigenvalue weighted by molar-refractivity contribution is 7.47. The summed E-state index contributed by atoms with van der Waals surface area (Å²) in [5.74, 6) is -0.863. The molecule has 0 spiro atoms. The first-order valence-electron chi connectivity index (χ1n) is 20.6.